The van der Waals surface area contributed by atoms with Gasteiger partial charge in [0.2, 0.25) is 0 Å². The normalized spacial score (nSPS) is 30.4. The lowest BCUT2D eigenvalue weighted by molar-refractivity contribution is -0.174. The number of esters is 2. The molecule has 0 aliphatic heterocycles. The Kier molecular flexibility index (Phi) is 5.35. The van der Waals surface area contributed by atoms with Crippen LogP contribution >= 0.6 is 0 Å². The third-order valence-electron chi connectivity index (χ3n) is 3.72. The van der Waals surface area contributed by atoms with E-state index in [4.69, 9.17) is 9.47 Å². The van der Waals surface area contributed by atoms with E-state index in [1.165, 1.54) is 0 Å². The summed E-state index contributed by atoms with van der Waals surface area (Å²) in [5.41, 5.74) is -1.24. The first-order chi connectivity index (χ1) is 8.87. The number of carbonyl (C=O) groups is 2. The SMILES string of the molecule is CCOC(=O)C1(C(=O)OC(C)C)CC(C)C(CO)C1. The number of ether oxygens (including phenoxy) is 2. The molecule has 110 valence electrons. The van der Waals surface area contributed by atoms with E-state index in [0.717, 1.165) is 0 Å². The van der Waals surface area contributed by atoms with Gasteiger partial charge in [-0.15, -0.1) is 0 Å². The molecule has 1 fully saturated rings. The highest BCUT2D eigenvalue weighted by molar-refractivity contribution is 6.00. The van der Waals surface area contributed by atoms with E-state index in [0.29, 0.717) is 12.8 Å². The molecule has 3 atom stereocenters. The Balaban J connectivity index is 2.99. The van der Waals surface area contributed by atoms with Crippen molar-refractivity contribution in [3.8, 4) is 0 Å². The Morgan fingerprint density at radius 2 is 1.95 bits per heavy atom. The van der Waals surface area contributed by atoms with Gasteiger partial charge in [0.1, 0.15) is 0 Å². The second kappa shape index (κ2) is 6.37. The van der Waals surface area contributed by atoms with Crippen molar-refractivity contribution in [1.29, 1.82) is 0 Å². The van der Waals surface area contributed by atoms with Crippen molar-refractivity contribution < 1.29 is 24.2 Å². The molecule has 0 saturated heterocycles. The molecule has 0 radical (unpaired) electrons. The minimum absolute atomic E-state index is 0.0305. The van der Waals surface area contributed by atoms with Gasteiger partial charge in [-0.05, 0) is 45.4 Å². The molecular formula is C14H24O5. The van der Waals surface area contributed by atoms with Crippen LogP contribution in [-0.4, -0.2) is 36.4 Å². The summed E-state index contributed by atoms with van der Waals surface area (Å²) < 4.78 is 10.3. The number of aliphatic hydroxyl groups excluding tert-OH is 1. The second-order valence-electron chi connectivity index (χ2n) is 5.58. The zero-order valence-electron chi connectivity index (χ0n) is 12.1. The van der Waals surface area contributed by atoms with E-state index < -0.39 is 17.4 Å². The van der Waals surface area contributed by atoms with E-state index in [2.05, 4.69) is 0 Å². The fourth-order valence-corrected chi connectivity index (χ4v) is 2.71. The third-order valence-corrected chi connectivity index (χ3v) is 3.72. The van der Waals surface area contributed by atoms with Crippen molar-refractivity contribution in [3.63, 3.8) is 0 Å². The van der Waals surface area contributed by atoms with Gasteiger partial charge in [-0.1, -0.05) is 6.92 Å². The molecule has 1 N–H and O–H groups in total. The monoisotopic (exact) mass is 272 g/mol. The smallest absolute Gasteiger partial charge is 0.323 e. The zero-order valence-corrected chi connectivity index (χ0v) is 12.1. The number of rotatable bonds is 5. The van der Waals surface area contributed by atoms with Gasteiger partial charge in [0.25, 0.3) is 0 Å². The Hall–Kier alpha value is -1.10. The van der Waals surface area contributed by atoms with Crippen LogP contribution in [0.2, 0.25) is 0 Å². The van der Waals surface area contributed by atoms with Gasteiger partial charge >= 0.3 is 11.9 Å². The second-order valence-corrected chi connectivity index (χ2v) is 5.58. The van der Waals surface area contributed by atoms with Crippen molar-refractivity contribution in [3.05, 3.63) is 0 Å². The van der Waals surface area contributed by atoms with Gasteiger partial charge < -0.3 is 14.6 Å². The first-order valence-corrected chi connectivity index (χ1v) is 6.86. The van der Waals surface area contributed by atoms with Crippen molar-refractivity contribution in [1.82, 2.24) is 0 Å². The predicted molar refractivity (Wildman–Crippen MR) is 69.3 cm³/mol. The van der Waals surface area contributed by atoms with Crippen LogP contribution in [-0.2, 0) is 19.1 Å². The Labute approximate surface area is 114 Å². The first kappa shape index (κ1) is 16.0. The molecule has 3 unspecified atom stereocenters. The van der Waals surface area contributed by atoms with Crippen LogP contribution in [0.1, 0.15) is 40.5 Å². The summed E-state index contributed by atoms with van der Waals surface area (Å²) in [5.74, 6) is -1.02. The number of hydrogen-bond acceptors (Lipinski definition) is 5. The molecule has 0 aromatic carbocycles. The quantitative estimate of drug-likeness (QED) is 0.607. The van der Waals surface area contributed by atoms with E-state index in [1.54, 1.807) is 20.8 Å². The highest BCUT2D eigenvalue weighted by Gasteiger charge is 2.56. The molecule has 5 heteroatoms. The summed E-state index contributed by atoms with van der Waals surface area (Å²) in [6, 6.07) is 0. The maximum absolute atomic E-state index is 12.3. The Bertz CT molecular complexity index is 339. The topological polar surface area (TPSA) is 72.8 Å². The van der Waals surface area contributed by atoms with E-state index >= 15 is 0 Å². The third kappa shape index (κ3) is 3.26. The van der Waals surface area contributed by atoms with Crippen LogP contribution < -0.4 is 0 Å². The molecule has 19 heavy (non-hydrogen) atoms. The molecular weight excluding hydrogens is 248 g/mol. The molecule has 1 saturated carbocycles. The molecule has 0 aromatic rings. The summed E-state index contributed by atoms with van der Waals surface area (Å²) in [7, 11) is 0. The van der Waals surface area contributed by atoms with E-state index in [1.807, 2.05) is 6.92 Å². The van der Waals surface area contributed by atoms with E-state index in [9.17, 15) is 14.7 Å². The molecule has 0 heterocycles. The molecule has 1 aliphatic rings. The van der Waals surface area contributed by atoms with Crippen LogP contribution in [0, 0.1) is 17.3 Å². The molecule has 5 nitrogen and oxygen atoms in total. The summed E-state index contributed by atoms with van der Waals surface area (Å²) in [6.07, 6.45) is 0.403. The summed E-state index contributed by atoms with van der Waals surface area (Å²) >= 11 is 0. The van der Waals surface area contributed by atoms with Gasteiger partial charge in [0.15, 0.2) is 5.41 Å². The molecule has 0 amide bonds. The lowest BCUT2D eigenvalue weighted by Gasteiger charge is -2.26. The maximum Gasteiger partial charge on any atom is 0.323 e. The van der Waals surface area contributed by atoms with Crippen LogP contribution in [0.4, 0.5) is 0 Å². The lowest BCUT2D eigenvalue weighted by atomic mass is 9.85. The average Bonchev–Trinajstić information content (AvgIpc) is 2.67. The van der Waals surface area contributed by atoms with Crippen LogP contribution in [0.3, 0.4) is 0 Å². The molecule has 0 bridgehead atoms. The fourth-order valence-electron chi connectivity index (χ4n) is 2.71. The molecule has 0 aromatic heterocycles. The van der Waals surface area contributed by atoms with Crippen LogP contribution in [0.15, 0.2) is 0 Å². The van der Waals surface area contributed by atoms with Crippen molar-refractivity contribution in [2.24, 2.45) is 17.3 Å². The molecule has 1 aliphatic carbocycles. The van der Waals surface area contributed by atoms with Gasteiger partial charge in [-0.2, -0.15) is 0 Å². The van der Waals surface area contributed by atoms with Gasteiger partial charge in [0.05, 0.1) is 12.7 Å². The summed E-state index contributed by atoms with van der Waals surface area (Å²) in [4.78, 5) is 24.5. The Morgan fingerprint density at radius 3 is 2.37 bits per heavy atom. The van der Waals surface area contributed by atoms with Crippen molar-refractivity contribution >= 4 is 11.9 Å². The fraction of sp³-hybridized carbons (Fsp3) is 0.857. The lowest BCUT2D eigenvalue weighted by Crippen LogP contribution is -2.41. The van der Waals surface area contributed by atoms with Gasteiger partial charge in [-0.25, -0.2) is 0 Å². The predicted octanol–water partition coefficient (Wildman–Crippen LogP) is 1.53. The highest BCUT2D eigenvalue weighted by atomic mass is 16.6. The van der Waals surface area contributed by atoms with Crippen LogP contribution in [0.5, 0.6) is 0 Å². The average molecular weight is 272 g/mol. The number of aliphatic hydroxyl groups is 1. The van der Waals surface area contributed by atoms with Gasteiger partial charge in [0, 0.05) is 6.61 Å². The first-order valence-electron chi connectivity index (χ1n) is 6.86. The summed E-state index contributed by atoms with van der Waals surface area (Å²) in [6.45, 7) is 7.34. The Morgan fingerprint density at radius 1 is 1.32 bits per heavy atom. The minimum Gasteiger partial charge on any atom is -0.465 e. The van der Waals surface area contributed by atoms with E-state index in [-0.39, 0.29) is 31.2 Å². The zero-order chi connectivity index (χ0) is 14.6. The molecule has 0 spiro atoms. The minimum atomic E-state index is -1.24. The van der Waals surface area contributed by atoms with Crippen molar-refractivity contribution in [2.45, 2.75) is 46.6 Å². The number of carbonyl (C=O) groups excluding carboxylic acids is 2. The standard InChI is InChI=1S/C14H24O5/c1-5-18-12(16)14(13(17)19-9(2)3)6-10(4)11(7-14)8-15/h9-11,15H,5-8H2,1-4H3. The molecule has 1 rings (SSSR count). The van der Waals surface area contributed by atoms with Crippen molar-refractivity contribution in [2.75, 3.05) is 13.2 Å². The summed E-state index contributed by atoms with van der Waals surface area (Å²) in [5, 5.41) is 9.34. The number of hydrogen-bond donors (Lipinski definition) is 1. The van der Waals surface area contributed by atoms with Crippen LogP contribution in [0.25, 0.3) is 0 Å². The highest BCUT2D eigenvalue weighted by Crippen LogP contribution is 2.47. The van der Waals surface area contributed by atoms with Gasteiger partial charge in [-0.3, -0.25) is 9.59 Å². The largest absolute Gasteiger partial charge is 0.465 e. The maximum atomic E-state index is 12.3.